The van der Waals surface area contributed by atoms with Crippen LogP contribution in [-0.2, 0) is 0 Å². The van der Waals surface area contributed by atoms with Crippen molar-refractivity contribution in [1.82, 2.24) is 9.97 Å². The summed E-state index contributed by atoms with van der Waals surface area (Å²) in [5.74, 6) is 6.50. The van der Waals surface area contributed by atoms with Gasteiger partial charge in [0.1, 0.15) is 11.6 Å². The van der Waals surface area contributed by atoms with E-state index < -0.39 is 4.92 Å². The number of benzene rings is 1. The van der Waals surface area contributed by atoms with Crippen molar-refractivity contribution < 1.29 is 9.66 Å². The summed E-state index contributed by atoms with van der Waals surface area (Å²) in [5.41, 5.74) is 2.98. The Morgan fingerprint density at radius 1 is 1.38 bits per heavy atom. The molecule has 0 radical (unpaired) electrons. The molecule has 0 fully saturated rings. The Morgan fingerprint density at radius 3 is 2.71 bits per heavy atom. The summed E-state index contributed by atoms with van der Waals surface area (Å²) in [5, 5.41) is 11.3. The second kappa shape index (κ2) is 6.37. The second-order valence-electron chi connectivity index (χ2n) is 4.03. The minimum Gasteiger partial charge on any atom is -0.439 e. The number of ether oxygens (including phenoxy) is 1. The van der Waals surface area contributed by atoms with Crippen LogP contribution in [0.25, 0.3) is 0 Å². The van der Waals surface area contributed by atoms with Crippen LogP contribution in [0.2, 0.25) is 0 Å². The molecule has 2 rings (SSSR count). The van der Waals surface area contributed by atoms with E-state index in [0.29, 0.717) is 28.2 Å². The summed E-state index contributed by atoms with van der Waals surface area (Å²) in [6.07, 6.45) is 1.83. The summed E-state index contributed by atoms with van der Waals surface area (Å²) >= 11 is 1.35. The van der Waals surface area contributed by atoms with Crippen LogP contribution < -0.4 is 16.0 Å². The Bertz CT molecular complexity index is 658. The predicted octanol–water partition coefficient (Wildman–Crippen LogP) is 2.49. The van der Waals surface area contributed by atoms with Gasteiger partial charge in [0.2, 0.25) is 5.88 Å². The fourth-order valence-electron chi connectivity index (χ4n) is 1.64. The van der Waals surface area contributed by atoms with E-state index in [0.717, 1.165) is 0 Å². The highest BCUT2D eigenvalue weighted by Gasteiger charge is 2.12. The van der Waals surface area contributed by atoms with Crippen molar-refractivity contribution in [1.29, 1.82) is 0 Å². The highest BCUT2D eigenvalue weighted by atomic mass is 32.2. The standard InChI is InChI=1S/C12H13N5O3S/c1-7-5-8(3-4-9(7)17(18)19)20-11-6-10(16-13)14-12(15-11)21-2/h3-6H,13H2,1-2H3,(H,14,15,16). The minimum atomic E-state index is -0.438. The van der Waals surface area contributed by atoms with Gasteiger partial charge in [-0.2, -0.15) is 4.98 Å². The first-order valence-electron chi connectivity index (χ1n) is 5.86. The van der Waals surface area contributed by atoms with E-state index in [2.05, 4.69) is 15.4 Å². The van der Waals surface area contributed by atoms with Crippen molar-refractivity contribution in [2.24, 2.45) is 5.84 Å². The number of hydrazine groups is 1. The quantitative estimate of drug-likeness (QED) is 0.284. The largest absolute Gasteiger partial charge is 0.439 e. The molecule has 1 aromatic carbocycles. The molecule has 21 heavy (non-hydrogen) atoms. The molecule has 2 aromatic rings. The molecule has 110 valence electrons. The molecule has 3 N–H and O–H groups in total. The van der Waals surface area contributed by atoms with E-state index in [1.807, 2.05) is 6.26 Å². The van der Waals surface area contributed by atoms with E-state index in [1.165, 1.54) is 30.0 Å². The van der Waals surface area contributed by atoms with Gasteiger partial charge in [0.05, 0.1) is 4.92 Å². The zero-order valence-electron chi connectivity index (χ0n) is 11.4. The topological polar surface area (TPSA) is 116 Å². The molecule has 0 aliphatic carbocycles. The molecule has 0 spiro atoms. The maximum absolute atomic E-state index is 10.8. The number of anilines is 1. The van der Waals surface area contributed by atoms with Crippen molar-refractivity contribution in [2.75, 3.05) is 11.7 Å². The summed E-state index contributed by atoms with van der Waals surface area (Å²) in [7, 11) is 0. The minimum absolute atomic E-state index is 0.0409. The monoisotopic (exact) mass is 307 g/mol. The number of aryl methyl sites for hydroxylation is 1. The van der Waals surface area contributed by atoms with Crippen LogP contribution in [0, 0.1) is 17.0 Å². The Kier molecular flexibility index (Phi) is 4.55. The van der Waals surface area contributed by atoms with E-state index in [-0.39, 0.29) is 5.69 Å². The van der Waals surface area contributed by atoms with Crippen LogP contribution in [0.5, 0.6) is 11.6 Å². The lowest BCUT2D eigenvalue weighted by atomic mass is 10.2. The molecule has 0 unspecified atom stereocenters. The fraction of sp³-hybridized carbons (Fsp3) is 0.167. The molecule has 1 heterocycles. The van der Waals surface area contributed by atoms with Crippen molar-refractivity contribution >= 4 is 23.3 Å². The van der Waals surface area contributed by atoms with Crippen LogP contribution in [-0.4, -0.2) is 21.1 Å². The van der Waals surface area contributed by atoms with E-state index >= 15 is 0 Å². The molecule has 0 saturated carbocycles. The van der Waals surface area contributed by atoms with Gasteiger partial charge in [0.15, 0.2) is 5.16 Å². The van der Waals surface area contributed by atoms with Crippen molar-refractivity contribution in [3.05, 3.63) is 39.9 Å². The number of nitrogens with zero attached hydrogens (tertiary/aromatic N) is 3. The number of nitro benzene ring substituents is 1. The molecule has 8 nitrogen and oxygen atoms in total. The highest BCUT2D eigenvalue weighted by molar-refractivity contribution is 7.98. The van der Waals surface area contributed by atoms with Crippen molar-refractivity contribution in [3.8, 4) is 11.6 Å². The normalized spacial score (nSPS) is 10.2. The number of thioether (sulfide) groups is 1. The fourth-order valence-corrected chi connectivity index (χ4v) is 2.01. The molecule has 0 saturated heterocycles. The summed E-state index contributed by atoms with van der Waals surface area (Å²) in [6.45, 7) is 1.64. The molecule has 9 heteroatoms. The molecule has 0 bridgehead atoms. The first kappa shape index (κ1) is 15.0. The van der Waals surface area contributed by atoms with Gasteiger partial charge >= 0.3 is 0 Å². The van der Waals surface area contributed by atoms with Gasteiger partial charge in [-0.15, -0.1) is 0 Å². The molecular formula is C12H13N5O3S. The number of aromatic nitrogens is 2. The Labute approximate surface area is 124 Å². The lowest BCUT2D eigenvalue weighted by molar-refractivity contribution is -0.385. The molecule has 0 amide bonds. The van der Waals surface area contributed by atoms with Crippen LogP contribution >= 0.6 is 11.8 Å². The molecular weight excluding hydrogens is 294 g/mol. The molecule has 0 atom stereocenters. The summed E-state index contributed by atoms with van der Waals surface area (Å²) in [4.78, 5) is 18.6. The van der Waals surface area contributed by atoms with Crippen LogP contribution in [0.4, 0.5) is 11.5 Å². The highest BCUT2D eigenvalue weighted by Crippen LogP contribution is 2.28. The number of nitrogen functional groups attached to an aromatic ring is 1. The van der Waals surface area contributed by atoms with Gasteiger partial charge in [-0.05, 0) is 25.3 Å². The lowest BCUT2D eigenvalue weighted by Crippen LogP contribution is -2.09. The van der Waals surface area contributed by atoms with Gasteiger partial charge in [-0.25, -0.2) is 10.8 Å². The van der Waals surface area contributed by atoms with Crippen molar-refractivity contribution in [2.45, 2.75) is 12.1 Å². The van der Waals surface area contributed by atoms with E-state index in [4.69, 9.17) is 10.6 Å². The third-order valence-corrected chi connectivity index (χ3v) is 3.15. The zero-order chi connectivity index (χ0) is 15.4. The average Bonchev–Trinajstić information content (AvgIpc) is 2.46. The van der Waals surface area contributed by atoms with Gasteiger partial charge in [-0.3, -0.25) is 10.1 Å². The maximum atomic E-state index is 10.8. The van der Waals surface area contributed by atoms with Crippen LogP contribution in [0.3, 0.4) is 0 Å². The number of nitro groups is 1. The van der Waals surface area contributed by atoms with Crippen LogP contribution in [0.15, 0.2) is 29.4 Å². The average molecular weight is 307 g/mol. The maximum Gasteiger partial charge on any atom is 0.272 e. The van der Waals surface area contributed by atoms with Crippen LogP contribution in [0.1, 0.15) is 5.56 Å². The Morgan fingerprint density at radius 2 is 2.14 bits per heavy atom. The lowest BCUT2D eigenvalue weighted by Gasteiger charge is -2.08. The third kappa shape index (κ3) is 3.58. The first-order valence-corrected chi connectivity index (χ1v) is 7.08. The molecule has 1 aromatic heterocycles. The SMILES string of the molecule is CSc1nc(NN)cc(Oc2ccc([N+](=O)[O-])c(C)c2)n1. The number of hydrogen-bond acceptors (Lipinski definition) is 8. The zero-order valence-corrected chi connectivity index (χ0v) is 12.2. The number of hydrogen-bond donors (Lipinski definition) is 2. The van der Waals surface area contributed by atoms with E-state index in [1.54, 1.807) is 13.0 Å². The third-order valence-electron chi connectivity index (χ3n) is 2.60. The van der Waals surface area contributed by atoms with Gasteiger partial charge in [0.25, 0.3) is 5.69 Å². The summed E-state index contributed by atoms with van der Waals surface area (Å²) in [6, 6.07) is 6.02. The van der Waals surface area contributed by atoms with Gasteiger partial charge in [-0.1, -0.05) is 11.8 Å². The van der Waals surface area contributed by atoms with Gasteiger partial charge < -0.3 is 10.2 Å². The molecule has 0 aliphatic heterocycles. The van der Waals surface area contributed by atoms with E-state index in [9.17, 15) is 10.1 Å². The Balaban J connectivity index is 2.29. The first-order chi connectivity index (χ1) is 10.0. The molecule has 0 aliphatic rings. The number of nitrogens with one attached hydrogen (secondary N) is 1. The number of nitrogens with two attached hydrogens (primary N) is 1. The Hall–Kier alpha value is -2.39. The second-order valence-corrected chi connectivity index (χ2v) is 4.80. The summed E-state index contributed by atoms with van der Waals surface area (Å²) < 4.78 is 5.60. The smallest absolute Gasteiger partial charge is 0.272 e. The number of rotatable bonds is 5. The van der Waals surface area contributed by atoms with Crippen molar-refractivity contribution in [3.63, 3.8) is 0 Å². The predicted molar refractivity (Wildman–Crippen MR) is 79.5 cm³/mol. The van der Waals surface area contributed by atoms with Gasteiger partial charge in [0, 0.05) is 17.7 Å².